The predicted octanol–water partition coefficient (Wildman–Crippen LogP) is 0.982. The van der Waals surface area contributed by atoms with Crippen LogP contribution in [0.1, 0.15) is 10.4 Å². The van der Waals surface area contributed by atoms with Gasteiger partial charge in [0.2, 0.25) is 5.96 Å². The van der Waals surface area contributed by atoms with Crippen molar-refractivity contribution >= 4 is 35.4 Å². The van der Waals surface area contributed by atoms with Gasteiger partial charge in [-0.2, -0.15) is 0 Å². The number of carboxylic acid groups (broad SMARTS) is 1. The first-order valence-corrected chi connectivity index (χ1v) is 8.06. The Hall–Kier alpha value is -4.61. The van der Waals surface area contributed by atoms with Crippen molar-refractivity contribution in [1.29, 1.82) is 0 Å². The van der Waals surface area contributed by atoms with Gasteiger partial charge in [0, 0.05) is 24.2 Å². The van der Waals surface area contributed by atoms with Crippen LogP contribution in [-0.4, -0.2) is 43.0 Å². The van der Waals surface area contributed by atoms with Crippen molar-refractivity contribution in [3.8, 4) is 11.1 Å². The van der Waals surface area contributed by atoms with Gasteiger partial charge in [-0.1, -0.05) is 0 Å². The standard InChI is InChI=1S/C17H15N9O3/c18-14-11(15(27)25-16(19)26-17(28)29)5-10(7-22-14)9-1-4-21-13(6-9)24-12-2-3-20-8-23-12/h1-8H,(H2,18,22)(H,28,29)(H3,19,25,26,27)(H,20,21,23,24). The minimum absolute atomic E-state index is 0.00756. The van der Waals surface area contributed by atoms with Gasteiger partial charge in [0.05, 0.1) is 5.56 Å². The molecule has 0 aromatic carbocycles. The molecule has 3 heterocycles. The molecule has 2 amide bonds. The maximum atomic E-state index is 12.3. The number of anilines is 3. The minimum Gasteiger partial charge on any atom is -0.463 e. The molecule has 12 heteroatoms. The molecule has 0 radical (unpaired) electrons. The maximum absolute atomic E-state index is 12.3. The number of pyridine rings is 2. The number of hydrogen-bond acceptors (Lipinski definition) is 8. The topological polar surface area (TPSA) is 194 Å². The highest BCUT2D eigenvalue weighted by Crippen LogP contribution is 2.24. The molecule has 0 aliphatic carbocycles. The number of aromatic nitrogens is 4. The highest BCUT2D eigenvalue weighted by atomic mass is 16.4. The highest BCUT2D eigenvalue weighted by Gasteiger charge is 2.14. The molecule has 3 aromatic heterocycles. The third-order valence-corrected chi connectivity index (χ3v) is 3.55. The fourth-order valence-corrected chi connectivity index (χ4v) is 2.30. The van der Waals surface area contributed by atoms with Gasteiger partial charge >= 0.3 is 6.09 Å². The lowest BCUT2D eigenvalue weighted by atomic mass is 10.1. The van der Waals surface area contributed by atoms with Crippen LogP contribution in [0.5, 0.6) is 0 Å². The van der Waals surface area contributed by atoms with Gasteiger partial charge < -0.3 is 21.9 Å². The van der Waals surface area contributed by atoms with Crippen LogP contribution in [-0.2, 0) is 0 Å². The largest absolute Gasteiger partial charge is 0.463 e. The van der Waals surface area contributed by atoms with Crippen LogP contribution in [0.3, 0.4) is 0 Å². The number of amides is 2. The molecular weight excluding hydrogens is 378 g/mol. The summed E-state index contributed by atoms with van der Waals surface area (Å²) < 4.78 is 0. The minimum atomic E-state index is -1.54. The SMILES string of the molecule is NC(=NC(=O)O)NC(=O)c1cc(-c2ccnc(Nc3ccncn3)c2)cnc1N. The number of guanidine groups is 1. The van der Waals surface area contributed by atoms with Gasteiger partial charge in [0.25, 0.3) is 5.91 Å². The highest BCUT2D eigenvalue weighted by molar-refractivity contribution is 6.09. The van der Waals surface area contributed by atoms with E-state index < -0.39 is 18.0 Å². The number of carbonyl (C=O) groups is 2. The zero-order valence-corrected chi connectivity index (χ0v) is 14.8. The van der Waals surface area contributed by atoms with Crippen LogP contribution in [0, 0.1) is 0 Å². The van der Waals surface area contributed by atoms with Crippen molar-refractivity contribution in [3.63, 3.8) is 0 Å². The number of aliphatic imine (C=N–C) groups is 1. The van der Waals surface area contributed by atoms with E-state index in [9.17, 15) is 9.59 Å². The molecule has 146 valence electrons. The van der Waals surface area contributed by atoms with Crippen molar-refractivity contribution < 1.29 is 14.7 Å². The number of nitrogens with zero attached hydrogens (tertiary/aromatic N) is 5. The lowest BCUT2D eigenvalue weighted by Gasteiger charge is -2.10. The Morgan fingerprint density at radius 1 is 1.03 bits per heavy atom. The Labute approximate surface area is 163 Å². The van der Waals surface area contributed by atoms with Gasteiger partial charge in [-0.25, -0.2) is 24.7 Å². The van der Waals surface area contributed by atoms with E-state index in [1.807, 2.05) is 0 Å². The Bertz CT molecular complexity index is 1090. The summed E-state index contributed by atoms with van der Waals surface area (Å²) in [6.45, 7) is 0. The van der Waals surface area contributed by atoms with Crippen molar-refractivity contribution in [2.75, 3.05) is 11.1 Å². The average molecular weight is 393 g/mol. The van der Waals surface area contributed by atoms with Gasteiger partial charge in [-0.15, -0.1) is 4.99 Å². The lowest BCUT2D eigenvalue weighted by Crippen LogP contribution is -2.37. The van der Waals surface area contributed by atoms with Gasteiger partial charge in [0.1, 0.15) is 23.8 Å². The summed E-state index contributed by atoms with van der Waals surface area (Å²) in [5, 5.41) is 13.7. The summed E-state index contributed by atoms with van der Waals surface area (Å²) in [4.78, 5) is 42.0. The maximum Gasteiger partial charge on any atom is 0.434 e. The van der Waals surface area contributed by atoms with Crippen LogP contribution < -0.4 is 22.1 Å². The first-order chi connectivity index (χ1) is 13.9. The fraction of sp³-hybridized carbons (Fsp3) is 0. The van der Waals surface area contributed by atoms with E-state index in [1.54, 1.807) is 30.6 Å². The molecular formula is C17H15N9O3. The summed E-state index contributed by atoms with van der Waals surface area (Å²) in [5.41, 5.74) is 12.4. The Morgan fingerprint density at radius 2 is 1.86 bits per heavy atom. The second kappa shape index (κ2) is 8.39. The van der Waals surface area contributed by atoms with Crippen LogP contribution in [0.4, 0.5) is 22.2 Å². The molecule has 0 fully saturated rings. The Kier molecular flexibility index (Phi) is 5.54. The van der Waals surface area contributed by atoms with E-state index in [0.717, 1.165) is 0 Å². The van der Waals surface area contributed by atoms with Crippen LogP contribution >= 0.6 is 0 Å². The molecule has 0 spiro atoms. The molecule has 0 atom stereocenters. The van der Waals surface area contributed by atoms with E-state index in [-0.39, 0.29) is 11.4 Å². The molecule has 0 saturated heterocycles. The zero-order valence-electron chi connectivity index (χ0n) is 14.8. The molecule has 12 nitrogen and oxygen atoms in total. The Morgan fingerprint density at radius 3 is 2.59 bits per heavy atom. The van der Waals surface area contributed by atoms with Crippen molar-refractivity contribution in [3.05, 3.63) is 54.7 Å². The molecule has 7 N–H and O–H groups in total. The van der Waals surface area contributed by atoms with Crippen LogP contribution in [0.25, 0.3) is 11.1 Å². The van der Waals surface area contributed by atoms with E-state index in [1.165, 1.54) is 18.6 Å². The van der Waals surface area contributed by atoms with Gasteiger partial charge in [0.15, 0.2) is 0 Å². The van der Waals surface area contributed by atoms with E-state index in [2.05, 4.69) is 35.6 Å². The molecule has 3 aromatic rings. The Balaban J connectivity index is 1.86. The quantitative estimate of drug-likeness (QED) is 0.315. The summed E-state index contributed by atoms with van der Waals surface area (Å²) in [7, 11) is 0. The smallest absolute Gasteiger partial charge is 0.434 e. The first kappa shape index (κ1) is 19.2. The molecule has 0 aliphatic rings. The number of nitrogens with one attached hydrogen (secondary N) is 2. The third kappa shape index (κ3) is 4.97. The van der Waals surface area contributed by atoms with Gasteiger partial charge in [-0.3, -0.25) is 10.1 Å². The number of nitrogen functional groups attached to an aromatic ring is 1. The van der Waals surface area contributed by atoms with Crippen molar-refractivity contribution in [2.45, 2.75) is 0 Å². The van der Waals surface area contributed by atoms with Crippen molar-refractivity contribution in [2.24, 2.45) is 10.7 Å². The van der Waals surface area contributed by atoms with E-state index in [0.29, 0.717) is 22.8 Å². The van der Waals surface area contributed by atoms with E-state index in [4.69, 9.17) is 16.6 Å². The number of hydrogen-bond donors (Lipinski definition) is 5. The summed E-state index contributed by atoms with van der Waals surface area (Å²) in [5.74, 6) is -0.293. The summed E-state index contributed by atoms with van der Waals surface area (Å²) in [6.07, 6.45) is 4.52. The second-order valence-electron chi connectivity index (χ2n) is 5.54. The molecule has 29 heavy (non-hydrogen) atoms. The van der Waals surface area contributed by atoms with E-state index >= 15 is 0 Å². The van der Waals surface area contributed by atoms with Gasteiger partial charge in [-0.05, 0) is 29.8 Å². The predicted molar refractivity (Wildman–Crippen MR) is 104 cm³/mol. The fourth-order valence-electron chi connectivity index (χ4n) is 2.30. The average Bonchev–Trinajstić information content (AvgIpc) is 2.68. The monoisotopic (exact) mass is 393 g/mol. The summed E-state index contributed by atoms with van der Waals surface area (Å²) >= 11 is 0. The second-order valence-corrected chi connectivity index (χ2v) is 5.54. The number of carbonyl (C=O) groups excluding carboxylic acids is 1. The normalized spacial score (nSPS) is 11.0. The summed E-state index contributed by atoms with van der Waals surface area (Å²) in [6, 6.07) is 6.64. The molecule has 0 aliphatic heterocycles. The molecule has 3 rings (SSSR count). The van der Waals surface area contributed by atoms with Crippen LogP contribution in [0.15, 0.2) is 54.2 Å². The third-order valence-electron chi connectivity index (χ3n) is 3.55. The molecule has 0 bridgehead atoms. The molecule has 0 unspecified atom stereocenters. The van der Waals surface area contributed by atoms with Crippen LogP contribution in [0.2, 0.25) is 0 Å². The number of nitrogens with two attached hydrogens (primary N) is 2. The number of rotatable bonds is 4. The first-order valence-electron chi connectivity index (χ1n) is 8.06. The van der Waals surface area contributed by atoms with Crippen molar-refractivity contribution in [1.82, 2.24) is 25.3 Å². The lowest BCUT2D eigenvalue weighted by molar-refractivity contribution is 0.0977. The zero-order chi connectivity index (χ0) is 20.8. The molecule has 0 saturated carbocycles.